The number of hydrogen-bond acceptors (Lipinski definition) is 5. The molecule has 1 amide bonds. The van der Waals surface area contributed by atoms with E-state index in [1.165, 1.54) is 13.3 Å². The van der Waals surface area contributed by atoms with E-state index in [-0.39, 0.29) is 11.5 Å². The summed E-state index contributed by atoms with van der Waals surface area (Å²) in [5.74, 6) is 0.561. The number of carbonyl (C=O) groups is 1. The molecule has 0 radical (unpaired) electrons. The van der Waals surface area contributed by atoms with Gasteiger partial charge in [0, 0.05) is 43.8 Å². The summed E-state index contributed by atoms with van der Waals surface area (Å²) >= 11 is 0. The van der Waals surface area contributed by atoms with Crippen molar-refractivity contribution in [3.05, 3.63) is 53.1 Å². The third-order valence-electron chi connectivity index (χ3n) is 4.74. The monoisotopic (exact) mass is 363 g/mol. The van der Waals surface area contributed by atoms with E-state index < -0.39 is 0 Å². The van der Waals surface area contributed by atoms with Crippen molar-refractivity contribution < 1.29 is 4.79 Å². The van der Waals surface area contributed by atoms with Gasteiger partial charge in [-0.3, -0.25) is 14.2 Å². The number of hydrogen-bond donors (Lipinski definition) is 1. The first-order chi connectivity index (χ1) is 13.1. The van der Waals surface area contributed by atoms with Crippen molar-refractivity contribution in [1.82, 2.24) is 14.5 Å². The largest absolute Gasteiger partial charge is 0.341 e. The summed E-state index contributed by atoms with van der Waals surface area (Å²) in [6.07, 6.45) is 6.90. The Labute approximate surface area is 156 Å². The second-order valence-electron chi connectivity index (χ2n) is 6.74. The van der Waals surface area contributed by atoms with Crippen molar-refractivity contribution in [1.29, 1.82) is 0 Å². The van der Waals surface area contributed by atoms with Crippen molar-refractivity contribution >= 4 is 28.4 Å². The second kappa shape index (κ2) is 7.19. The summed E-state index contributed by atoms with van der Waals surface area (Å²) in [5, 5.41) is 3.20. The molecule has 1 N–H and O–H groups in total. The van der Waals surface area contributed by atoms with Crippen LogP contribution in [0.4, 0.5) is 11.6 Å². The lowest BCUT2D eigenvalue weighted by atomic mass is 10.1. The van der Waals surface area contributed by atoms with Crippen LogP contribution in [0.5, 0.6) is 0 Å². The topological polar surface area (TPSA) is 80.1 Å². The molecule has 0 unspecified atom stereocenters. The lowest BCUT2D eigenvalue weighted by Gasteiger charge is -2.26. The van der Waals surface area contributed by atoms with Gasteiger partial charge in [0.05, 0.1) is 10.9 Å². The summed E-state index contributed by atoms with van der Waals surface area (Å²) in [4.78, 5) is 35.2. The Hall–Kier alpha value is -3.22. The molecule has 138 valence electrons. The molecule has 0 atom stereocenters. The third kappa shape index (κ3) is 3.53. The lowest BCUT2D eigenvalue weighted by molar-refractivity contribution is -0.114. The van der Waals surface area contributed by atoms with Gasteiger partial charge >= 0.3 is 0 Å². The van der Waals surface area contributed by atoms with Gasteiger partial charge in [0.15, 0.2) is 0 Å². The quantitative estimate of drug-likeness (QED) is 0.774. The molecule has 1 fully saturated rings. The maximum absolute atomic E-state index is 12.9. The van der Waals surface area contributed by atoms with Crippen LogP contribution >= 0.6 is 0 Å². The minimum Gasteiger partial charge on any atom is -0.341 e. The van der Waals surface area contributed by atoms with Crippen LogP contribution in [0.2, 0.25) is 0 Å². The average molecular weight is 363 g/mol. The molecule has 1 aliphatic rings. The summed E-state index contributed by atoms with van der Waals surface area (Å²) in [7, 11) is 0. The standard InChI is InChI=1S/C20H21N5O2/c1-14(26)22-15-5-7-16(8-6-15)25-12-9-18-17(19(25)27)13-21-20(23-18)24-10-3-2-4-11-24/h5-9,12-13H,2-4,10-11H2,1H3,(H,22,26). The van der Waals surface area contributed by atoms with Gasteiger partial charge in [-0.05, 0) is 49.6 Å². The molecule has 0 aliphatic carbocycles. The summed E-state index contributed by atoms with van der Waals surface area (Å²) in [6.45, 7) is 3.38. The zero-order valence-corrected chi connectivity index (χ0v) is 15.2. The van der Waals surface area contributed by atoms with E-state index in [1.54, 1.807) is 41.2 Å². The van der Waals surface area contributed by atoms with Crippen molar-refractivity contribution in [3.8, 4) is 5.69 Å². The number of benzene rings is 1. The average Bonchev–Trinajstić information content (AvgIpc) is 2.69. The third-order valence-corrected chi connectivity index (χ3v) is 4.74. The van der Waals surface area contributed by atoms with E-state index in [0.717, 1.165) is 31.6 Å². The normalized spacial score (nSPS) is 14.3. The fourth-order valence-corrected chi connectivity index (χ4v) is 3.38. The Bertz CT molecular complexity index is 1040. The number of fused-ring (bicyclic) bond motifs is 1. The molecule has 0 saturated carbocycles. The van der Waals surface area contributed by atoms with Gasteiger partial charge in [0.2, 0.25) is 11.9 Å². The van der Waals surface area contributed by atoms with Gasteiger partial charge < -0.3 is 10.2 Å². The van der Waals surface area contributed by atoms with Gasteiger partial charge in [0.25, 0.3) is 5.56 Å². The molecule has 3 aromatic rings. The molecule has 7 heteroatoms. The van der Waals surface area contributed by atoms with Crippen molar-refractivity contribution in [2.75, 3.05) is 23.3 Å². The van der Waals surface area contributed by atoms with E-state index in [9.17, 15) is 9.59 Å². The van der Waals surface area contributed by atoms with Crippen molar-refractivity contribution in [2.24, 2.45) is 0 Å². The van der Waals surface area contributed by atoms with Crippen LogP contribution in [-0.4, -0.2) is 33.5 Å². The van der Waals surface area contributed by atoms with Crippen LogP contribution in [0.15, 0.2) is 47.5 Å². The molecule has 1 aromatic carbocycles. The summed E-state index contributed by atoms with van der Waals surface area (Å²) in [5.41, 5.74) is 1.90. The number of nitrogens with zero attached hydrogens (tertiary/aromatic N) is 4. The van der Waals surface area contributed by atoms with E-state index in [0.29, 0.717) is 22.5 Å². The van der Waals surface area contributed by atoms with Crippen LogP contribution < -0.4 is 15.8 Å². The predicted octanol–water partition coefficient (Wildman–Crippen LogP) is 2.73. The fraction of sp³-hybridized carbons (Fsp3) is 0.300. The highest BCUT2D eigenvalue weighted by atomic mass is 16.1. The van der Waals surface area contributed by atoms with Gasteiger partial charge in [-0.1, -0.05) is 0 Å². The van der Waals surface area contributed by atoms with Crippen LogP contribution in [0.1, 0.15) is 26.2 Å². The molecule has 1 saturated heterocycles. The second-order valence-corrected chi connectivity index (χ2v) is 6.74. The molecular formula is C20H21N5O2. The number of anilines is 2. The van der Waals surface area contributed by atoms with E-state index in [2.05, 4.69) is 20.2 Å². The Balaban J connectivity index is 1.67. The number of pyridine rings is 1. The van der Waals surface area contributed by atoms with Gasteiger partial charge in [0.1, 0.15) is 0 Å². The maximum atomic E-state index is 12.9. The highest BCUT2D eigenvalue weighted by molar-refractivity contribution is 5.88. The molecule has 7 nitrogen and oxygen atoms in total. The van der Waals surface area contributed by atoms with E-state index >= 15 is 0 Å². The Kier molecular flexibility index (Phi) is 4.58. The number of aromatic nitrogens is 3. The van der Waals surface area contributed by atoms with Crippen molar-refractivity contribution in [2.45, 2.75) is 26.2 Å². The minimum atomic E-state index is -0.162. The number of amides is 1. The van der Waals surface area contributed by atoms with E-state index in [4.69, 9.17) is 0 Å². The van der Waals surface area contributed by atoms with Gasteiger partial charge in [-0.2, -0.15) is 0 Å². The van der Waals surface area contributed by atoms with Gasteiger partial charge in [-0.15, -0.1) is 0 Å². The number of nitrogens with one attached hydrogen (secondary N) is 1. The number of rotatable bonds is 3. The van der Waals surface area contributed by atoms with Crippen LogP contribution in [0.25, 0.3) is 16.6 Å². The SMILES string of the molecule is CC(=O)Nc1ccc(-n2ccc3nc(N4CCCCC4)ncc3c2=O)cc1. The van der Waals surface area contributed by atoms with E-state index in [1.807, 2.05) is 6.07 Å². The first-order valence-electron chi connectivity index (χ1n) is 9.13. The highest BCUT2D eigenvalue weighted by Crippen LogP contribution is 2.18. The zero-order chi connectivity index (χ0) is 18.8. The highest BCUT2D eigenvalue weighted by Gasteiger charge is 2.15. The van der Waals surface area contributed by atoms with Crippen LogP contribution in [-0.2, 0) is 4.79 Å². The smallest absolute Gasteiger partial charge is 0.266 e. The molecule has 1 aliphatic heterocycles. The first-order valence-corrected chi connectivity index (χ1v) is 9.13. The van der Waals surface area contributed by atoms with Crippen LogP contribution in [0.3, 0.4) is 0 Å². The summed E-state index contributed by atoms with van der Waals surface area (Å²) in [6, 6.07) is 8.96. The molecule has 27 heavy (non-hydrogen) atoms. The van der Waals surface area contributed by atoms with Crippen molar-refractivity contribution in [3.63, 3.8) is 0 Å². The molecule has 4 rings (SSSR count). The zero-order valence-electron chi connectivity index (χ0n) is 15.2. The molecule has 0 spiro atoms. The fourth-order valence-electron chi connectivity index (χ4n) is 3.38. The Morgan fingerprint density at radius 2 is 1.81 bits per heavy atom. The lowest BCUT2D eigenvalue weighted by Crippen LogP contribution is -2.31. The number of piperidine rings is 1. The Morgan fingerprint density at radius 1 is 1.07 bits per heavy atom. The molecule has 0 bridgehead atoms. The molecule has 3 heterocycles. The Morgan fingerprint density at radius 3 is 2.52 bits per heavy atom. The van der Waals surface area contributed by atoms with Gasteiger partial charge in [-0.25, -0.2) is 9.97 Å². The summed E-state index contributed by atoms with van der Waals surface area (Å²) < 4.78 is 1.56. The molecule has 2 aromatic heterocycles. The predicted molar refractivity (Wildman–Crippen MR) is 106 cm³/mol. The molecular weight excluding hydrogens is 342 g/mol. The first kappa shape index (κ1) is 17.2. The van der Waals surface area contributed by atoms with Crippen LogP contribution in [0, 0.1) is 0 Å². The number of carbonyl (C=O) groups excluding carboxylic acids is 1. The maximum Gasteiger partial charge on any atom is 0.266 e. The minimum absolute atomic E-state index is 0.132.